The zero-order chi connectivity index (χ0) is 28.4. The highest BCUT2D eigenvalue weighted by molar-refractivity contribution is 8.76. The Balaban J connectivity index is 2.36. The van der Waals surface area contributed by atoms with Crippen molar-refractivity contribution in [3.63, 3.8) is 0 Å². The van der Waals surface area contributed by atoms with E-state index in [1.54, 1.807) is 13.8 Å². The summed E-state index contributed by atoms with van der Waals surface area (Å²) in [7, 11) is 2.35. The van der Waals surface area contributed by atoms with Crippen LogP contribution in [0.2, 0.25) is 0 Å². The summed E-state index contributed by atoms with van der Waals surface area (Å²) in [5.74, 6) is -3.89. The van der Waals surface area contributed by atoms with Gasteiger partial charge in [-0.1, -0.05) is 35.4 Å². The van der Waals surface area contributed by atoms with Crippen molar-refractivity contribution in [1.29, 1.82) is 0 Å². The molecule has 0 radical (unpaired) electrons. The van der Waals surface area contributed by atoms with E-state index in [1.165, 1.54) is 48.0 Å². The Morgan fingerprint density at radius 1 is 1.03 bits per heavy atom. The summed E-state index contributed by atoms with van der Waals surface area (Å²) in [6.45, 7) is 6.13. The molecule has 1 fully saturated rings. The summed E-state index contributed by atoms with van der Waals surface area (Å²) in [5, 5.41) is 12.9. The lowest BCUT2D eigenvalue weighted by Gasteiger charge is -2.26. The molecule has 1 aromatic rings. The Labute approximate surface area is 227 Å². The number of amides is 6. The van der Waals surface area contributed by atoms with Crippen molar-refractivity contribution in [2.75, 3.05) is 11.5 Å². The number of H-pyrrole nitrogens is 1. The van der Waals surface area contributed by atoms with E-state index >= 15 is 0 Å². The molecule has 210 valence electrons. The van der Waals surface area contributed by atoms with Crippen molar-refractivity contribution in [2.24, 2.45) is 11.7 Å². The van der Waals surface area contributed by atoms with Gasteiger partial charge in [-0.25, -0.2) is 4.98 Å². The molecule has 1 saturated heterocycles. The first-order valence-corrected chi connectivity index (χ1v) is 14.4. The molecule has 16 heteroatoms. The fourth-order valence-electron chi connectivity index (χ4n) is 3.41. The molecule has 0 aromatic carbocycles. The lowest BCUT2D eigenvalue weighted by atomic mass is 10.0. The van der Waals surface area contributed by atoms with Crippen LogP contribution < -0.4 is 32.3 Å². The molecule has 0 unspecified atom stereocenters. The maximum Gasteiger partial charge on any atom is 0.244 e. The first kappa shape index (κ1) is 31.0. The van der Waals surface area contributed by atoms with E-state index in [1.807, 2.05) is 0 Å². The Morgan fingerprint density at radius 2 is 1.71 bits per heavy atom. The monoisotopic (exact) mass is 570 g/mol. The summed E-state index contributed by atoms with van der Waals surface area (Å²) in [4.78, 5) is 82.6. The molecule has 1 aliphatic rings. The van der Waals surface area contributed by atoms with Crippen molar-refractivity contribution in [1.82, 2.24) is 36.6 Å². The van der Waals surface area contributed by atoms with Gasteiger partial charge >= 0.3 is 0 Å². The van der Waals surface area contributed by atoms with Gasteiger partial charge in [0.1, 0.15) is 30.2 Å². The van der Waals surface area contributed by atoms with E-state index in [9.17, 15) is 28.8 Å². The first-order valence-electron chi connectivity index (χ1n) is 11.9. The van der Waals surface area contributed by atoms with Crippen LogP contribution in [-0.2, 0) is 35.2 Å². The molecule has 0 spiro atoms. The number of imidazole rings is 1. The second-order valence-electron chi connectivity index (χ2n) is 9.09. The third-order valence-electron chi connectivity index (χ3n) is 5.52. The van der Waals surface area contributed by atoms with Gasteiger partial charge in [0, 0.05) is 36.7 Å². The Bertz CT molecular complexity index is 1020. The molecule has 1 aromatic heterocycles. The molecule has 6 amide bonds. The minimum absolute atomic E-state index is 0.0396. The number of carbonyl (C=O) groups is 6. The number of rotatable bonds is 5. The SMILES string of the molecule is CC(=O)N[C@@H]1CSSC[C@H](C(N)=O)NC(=O)[C@H](C(C)C)NC(=O)[C@H](C)NC(=O)[C@H](Cc2cnc[nH]2)NC1=O. The standard InChI is InChI=1S/C22H34N8O6S2/c1-10(2)17-22(36)29-15(18(23)32)7-37-38-8-16(27-12(4)31)21(35)28-14(5-13-6-24-9-25-13)20(34)26-11(3)19(33)30-17/h6,9-11,14-17H,5,7-8H2,1-4H3,(H2,23,32)(H,24,25)(H,26,34)(H,27,31)(H,28,35)(H,29,36)(H,30,33)/t11-,14-,15+,16+,17-/m0/s1. The van der Waals surface area contributed by atoms with Crippen LogP contribution in [0.5, 0.6) is 0 Å². The van der Waals surface area contributed by atoms with Crippen molar-refractivity contribution in [3.8, 4) is 0 Å². The molecule has 1 aliphatic heterocycles. The molecular formula is C22H34N8O6S2. The van der Waals surface area contributed by atoms with Gasteiger partial charge < -0.3 is 37.3 Å². The zero-order valence-electron chi connectivity index (χ0n) is 21.5. The molecule has 0 saturated carbocycles. The molecule has 0 aliphatic carbocycles. The second kappa shape index (κ2) is 14.6. The number of nitrogens with two attached hydrogens (primary N) is 1. The van der Waals surface area contributed by atoms with Gasteiger partial charge in [-0.3, -0.25) is 28.8 Å². The minimum Gasteiger partial charge on any atom is -0.368 e. The van der Waals surface area contributed by atoms with Crippen LogP contribution >= 0.6 is 21.6 Å². The maximum atomic E-state index is 13.1. The molecule has 5 atom stereocenters. The third kappa shape index (κ3) is 9.55. The van der Waals surface area contributed by atoms with Gasteiger partial charge in [0.15, 0.2) is 0 Å². The first-order chi connectivity index (χ1) is 17.9. The number of nitrogens with zero attached hydrogens (tertiary/aromatic N) is 1. The number of carbonyl (C=O) groups excluding carboxylic acids is 6. The van der Waals surface area contributed by atoms with Gasteiger partial charge in [0.05, 0.1) is 6.33 Å². The molecule has 0 bridgehead atoms. The number of aromatic nitrogens is 2. The highest BCUT2D eigenvalue weighted by Crippen LogP contribution is 2.23. The lowest BCUT2D eigenvalue weighted by Crippen LogP contribution is -2.59. The van der Waals surface area contributed by atoms with Crippen molar-refractivity contribution in [3.05, 3.63) is 18.2 Å². The van der Waals surface area contributed by atoms with Gasteiger partial charge in [0.2, 0.25) is 35.4 Å². The number of nitrogens with one attached hydrogen (secondary N) is 6. The van der Waals surface area contributed by atoms with E-state index in [0.29, 0.717) is 5.69 Å². The Kier molecular flexibility index (Phi) is 11.9. The summed E-state index contributed by atoms with van der Waals surface area (Å²) in [6.07, 6.45) is 2.96. The average Bonchev–Trinajstić information content (AvgIpc) is 3.34. The summed E-state index contributed by atoms with van der Waals surface area (Å²) < 4.78 is 0. The number of aromatic amines is 1. The molecule has 14 nitrogen and oxygen atoms in total. The van der Waals surface area contributed by atoms with Crippen molar-refractivity contribution >= 4 is 57.0 Å². The average molecular weight is 571 g/mol. The van der Waals surface area contributed by atoms with Crippen molar-refractivity contribution < 1.29 is 28.8 Å². The topological polar surface area (TPSA) is 217 Å². The smallest absolute Gasteiger partial charge is 0.244 e. The highest BCUT2D eigenvalue weighted by atomic mass is 33.1. The Hall–Kier alpha value is -3.27. The van der Waals surface area contributed by atoms with Crippen LogP contribution in [0.4, 0.5) is 0 Å². The van der Waals surface area contributed by atoms with Gasteiger partial charge in [-0.2, -0.15) is 0 Å². The van der Waals surface area contributed by atoms with Crippen LogP contribution in [0, 0.1) is 5.92 Å². The predicted molar refractivity (Wildman–Crippen MR) is 142 cm³/mol. The van der Waals surface area contributed by atoms with Gasteiger partial charge in [-0.15, -0.1) is 0 Å². The van der Waals surface area contributed by atoms with Gasteiger partial charge in [0.25, 0.3) is 0 Å². The number of hydrogen-bond acceptors (Lipinski definition) is 9. The molecule has 2 rings (SSSR count). The normalized spacial score (nSPS) is 26.4. The fraction of sp³-hybridized carbons (Fsp3) is 0.591. The van der Waals surface area contributed by atoms with Crippen LogP contribution in [0.1, 0.15) is 33.4 Å². The largest absolute Gasteiger partial charge is 0.368 e. The number of primary amides is 1. The van der Waals surface area contributed by atoms with Crippen LogP contribution in [0.25, 0.3) is 0 Å². The molecule has 38 heavy (non-hydrogen) atoms. The summed E-state index contributed by atoms with van der Waals surface area (Å²) in [5.41, 5.74) is 6.02. The summed E-state index contributed by atoms with van der Waals surface area (Å²) >= 11 is 0. The van der Waals surface area contributed by atoms with E-state index in [-0.39, 0.29) is 23.8 Å². The van der Waals surface area contributed by atoms with Crippen LogP contribution in [-0.4, -0.2) is 87.1 Å². The minimum atomic E-state index is -1.11. The quantitative estimate of drug-likeness (QED) is 0.194. The lowest BCUT2D eigenvalue weighted by molar-refractivity contribution is -0.135. The van der Waals surface area contributed by atoms with E-state index in [4.69, 9.17) is 5.73 Å². The molecule has 8 N–H and O–H groups in total. The van der Waals surface area contributed by atoms with Crippen LogP contribution in [0.3, 0.4) is 0 Å². The Morgan fingerprint density at radius 3 is 2.29 bits per heavy atom. The van der Waals surface area contributed by atoms with E-state index in [0.717, 1.165) is 0 Å². The number of hydrogen-bond donors (Lipinski definition) is 7. The zero-order valence-corrected chi connectivity index (χ0v) is 23.2. The third-order valence-corrected chi connectivity index (χ3v) is 7.94. The van der Waals surface area contributed by atoms with E-state index < -0.39 is 65.7 Å². The predicted octanol–water partition coefficient (Wildman–Crippen LogP) is -2.05. The highest BCUT2D eigenvalue weighted by Gasteiger charge is 2.32. The fourth-order valence-corrected chi connectivity index (χ4v) is 5.75. The molecular weight excluding hydrogens is 536 g/mol. The van der Waals surface area contributed by atoms with Crippen molar-refractivity contribution in [2.45, 2.75) is 64.3 Å². The maximum absolute atomic E-state index is 13.1. The molecule has 2 heterocycles. The van der Waals surface area contributed by atoms with Gasteiger partial charge in [-0.05, 0) is 12.8 Å². The summed E-state index contributed by atoms with van der Waals surface area (Å²) in [6, 6.07) is -5.23. The second-order valence-corrected chi connectivity index (χ2v) is 11.6. The van der Waals surface area contributed by atoms with E-state index in [2.05, 4.69) is 36.6 Å². The van der Waals surface area contributed by atoms with Crippen LogP contribution in [0.15, 0.2) is 12.5 Å².